The number of benzene rings is 2. The molecular weight excluding hydrogens is 376 g/mol. The molecule has 0 radical (unpaired) electrons. The van der Waals surface area contributed by atoms with Crippen LogP contribution in [0.15, 0.2) is 54.2 Å². The van der Waals surface area contributed by atoms with Gasteiger partial charge in [-0.2, -0.15) is 0 Å². The number of methoxy groups -OCH3 is 1. The van der Waals surface area contributed by atoms with E-state index in [4.69, 9.17) is 4.74 Å². The van der Waals surface area contributed by atoms with E-state index in [2.05, 4.69) is 11.8 Å². The van der Waals surface area contributed by atoms with Crippen molar-refractivity contribution >= 4 is 17.4 Å². The molecule has 1 saturated heterocycles. The van der Waals surface area contributed by atoms with Crippen molar-refractivity contribution in [1.82, 2.24) is 9.80 Å². The van der Waals surface area contributed by atoms with Crippen molar-refractivity contribution in [1.29, 1.82) is 0 Å². The first kappa shape index (κ1) is 20.2. The second-order valence-electron chi connectivity index (χ2n) is 8.27. The SMILES string of the molecule is COc1ccccc1CN1C(=O)C(c2ccc(C)cc2)=C(N2CCC(C)CC2)C1=O. The molecule has 2 aromatic rings. The predicted octanol–water partition coefficient (Wildman–Crippen LogP) is 4.02. The zero-order chi connectivity index (χ0) is 21.3. The van der Waals surface area contributed by atoms with Crippen LogP contribution in [0.1, 0.15) is 36.5 Å². The molecule has 0 spiro atoms. The molecule has 0 aromatic heterocycles. The summed E-state index contributed by atoms with van der Waals surface area (Å²) in [5, 5.41) is 0. The molecule has 2 amide bonds. The van der Waals surface area contributed by atoms with Gasteiger partial charge in [0.2, 0.25) is 0 Å². The van der Waals surface area contributed by atoms with Gasteiger partial charge >= 0.3 is 0 Å². The first-order valence-electron chi connectivity index (χ1n) is 10.5. The van der Waals surface area contributed by atoms with Crippen molar-refractivity contribution in [2.45, 2.75) is 33.2 Å². The molecule has 0 aliphatic carbocycles. The Kier molecular flexibility index (Phi) is 5.62. The zero-order valence-electron chi connectivity index (χ0n) is 17.9. The van der Waals surface area contributed by atoms with Crippen LogP contribution in [0.4, 0.5) is 0 Å². The molecule has 5 nitrogen and oxygen atoms in total. The van der Waals surface area contributed by atoms with Crippen molar-refractivity contribution in [2.24, 2.45) is 5.92 Å². The van der Waals surface area contributed by atoms with E-state index in [1.165, 1.54) is 4.90 Å². The largest absolute Gasteiger partial charge is 0.496 e. The fourth-order valence-corrected chi connectivity index (χ4v) is 4.22. The minimum Gasteiger partial charge on any atom is -0.496 e. The minimum atomic E-state index is -0.233. The third kappa shape index (κ3) is 3.72. The molecule has 0 unspecified atom stereocenters. The van der Waals surface area contributed by atoms with Gasteiger partial charge in [0, 0.05) is 18.7 Å². The van der Waals surface area contributed by atoms with Crippen molar-refractivity contribution in [3.63, 3.8) is 0 Å². The normalized spacial score (nSPS) is 17.8. The van der Waals surface area contributed by atoms with Crippen LogP contribution in [0, 0.1) is 12.8 Å². The van der Waals surface area contributed by atoms with E-state index in [9.17, 15) is 9.59 Å². The summed E-state index contributed by atoms with van der Waals surface area (Å²) in [5.41, 5.74) is 3.80. The molecule has 2 aliphatic heterocycles. The fraction of sp³-hybridized carbons (Fsp3) is 0.360. The van der Waals surface area contributed by atoms with Gasteiger partial charge in [0.05, 0.1) is 19.2 Å². The molecule has 0 N–H and O–H groups in total. The second kappa shape index (κ2) is 8.34. The summed E-state index contributed by atoms with van der Waals surface area (Å²) in [4.78, 5) is 30.5. The number of hydrogen-bond acceptors (Lipinski definition) is 4. The number of piperidine rings is 1. The summed E-state index contributed by atoms with van der Waals surface area (Å²) in [6.07, 6.45) is 2.05. The van der Waals surface area contributed by atoms with Crippen LogP contribution >= 0.6 is 0 Å². The van der Waals surface area contributed by atoms with Gasteiger partial charge in [-0.15, -0.1) is 0 Å². The van der Waals surface area contributed by atoms with Crippen molar-refractivity contribution in [3.05, 3.63) is 70.9 Å². The predicted molar refractivity (Wildman–Crippen MR) is 117 cm³/mol. The van der Waals surface area contributed by atoms with Crippen LogP contribution in [0.2, 0.25) is 0 Å². The molecule has 1 fully saturated rings. The Balaban J connectivity index is 1.73. The summed E-state index contributed by atoms with van der Waals surface area (Å²) in [6.45, 7) is 6.05. The fourth-order valence-electron chi connectivity index (χ4n) is 4.22. The highest BCUT2D eigenvalue weighted by Crippen LogP contribution is 2.35. The maximum atomic E-state index is 13.5. The topological polar surface area (TPSA) is 49.9 Å². The number of rotatable bonds is 5. The van der Waals surface area contributed by atoms with Crippen LogP contribution in [0.5, 0.6) is 5.75 Å². The van der Waals surface area contributed by atoms with Crippen molar-refractivity contribution in [2.75, 3.05) is 20.2 Å². The van der Waals surface area contributed by atoms with E-state index in [0.717, 1.165) is 42.6 Å². The van der Waals surface area contributed by atoms with Crippen LogP contribution in [0.3, 0.4) is 0 Å². The van der Waals surface area contributed by atoms with E-state index in [-0.39, 0.29) is 18.4 Å². The number of aryl methyl sites for hydroxylation is 1. The van der Waals surface area contributed by atoms with Gasteiger partial charge < -0.3 is 9.64 Å². The smallest absolute Gasteiger partial charge is 0.278 e. The van der Waals surface area contributed by atoms with E-state index in [0.29, 0.717) is 22.9 Å². The average Bonchev–Trinajstić information content (AvgIpc) is 3.00. The maximum absolute atomic E-state index is 13.5. The highest BCUT2D eigenvalue weighted by Gasteiger charge is 2.42. The highest BCUT2D eigenvalue weighted by molar-refractivity contribution is 6.35. The second-order valence-corrected chi connectivity index (χ2v) is 8.27. The summed E-state index contributed by atoms with van der Waals surface area (Å²) < 4.78 is 5.43. The van der Waals surface area contributed by atoms with E-state index >= 15 is 0 Å². The van der Waals surface area contributed by atoms with E-state index < -0.39 is 0 Å². The number of hydrogen-bond donors (Lipinski definition) is 0. The first-order valence-corrected chi connectivity index (χ1v) is 10.5. The molecule has 2 heterocycles. The van der Waals surface area contributed by atoms with Crippen LogP contribution in [-0.2, 0) is 16.1 Å². The van der Waals surface area contributed by atoms with Crippen LogP contribution in [0.25, 0.3) is 5.57 Å². The van der Waals surface area contributed by atoms with Gasteiger partial charge in [-0.1, -0.05) is 55.0 Å². The monoisotopic (exact) mass is 404 g/mol. The molecule has 0 saturated carbocycles. The number of carbonyl (C=O) groups is 2. The number of imide groups is 1. The molecule has 0 atom stereocenters. The molecule has 0 bridgehead atoms. The lowest BCUT2D eigenvalue weighted by molar-refractivity contribution is -0.138. The Labute approximate surface area is 177 Å². The molecule has 2 aromatic carbocycles. The molecular formula is C25H28N2O3. The number of nitrogens with zero attached hydrogens (tertiary/aromatic N) is 2. The summed E-state index contributed by atoms with van der Waals surface area (Å²) in [6, 6.07) is 15.4. The Hall–Kier alpha value is -3.08. The summed E-state index contributed by atoms with van der Waals surface area (Å²) >= 11 is 0. The first-order chi connectivity index (χ1) is 14.5. The van der Waals surface area contributed by atoms with Crippen molar-refractivity contribution in [3.8, 4) is 5.75 Å². The van der Waals surface area contributed by atoms with E-state index in [1.54, 1.807) is 7.11 Å². The van der Waals surface area contributed by atoms with Gasteiger partial charge in [0.1, 0.15) is 11.4 Å². The number of para-hydroxylation sites is 1. The standard InChI is InChI=1S/C25H28N2O3/c1-17-8-10-19(11-9-17)22-23(26-14-12-18(2)13-15-26)25(29)27(24(22)28)16-20-6-4-5-7-21(20)30-3/h4-11,18H,12-16H2,1-3H3. The van der Waals surface area contributed by atoms with E-state index in [1.807, 2.05) is 55.5 Å². The van der Waals surface area contributed by atoms with Crippen LogP contribution < -0.4 is 4.74 Å². The summed E-state index contributed by atoms with van der Waals surface area (Å²) in [5.74, 6) is 0.871. The number of amides is 2. The lowest BCUT2D eigenvalue weighted by atomic mass is 9.97. The third-order valence-electron chi connectivity index (χ3n) is 6.10. The quantitative estimate of drug-likeness (QED) is 0.707. The number of carbonyl (C=O) groups excluding carboxylic acids is 2. The van der Waals surface area contributed by atoms with Gasteiger partial charge in [0.15, 0.2) is 0 Å². The third-order valence-corrected chi connectivity index (χ3v) is 6.10. The maximum Gasteiger partial charge on any atom is 0.278 e. The Morgan fingerprint density at radius 1 is 0.967 bits per heavy atom. The Morgan fingerprint density at radius 3 is 2.30 bits per heavy atom. The van der Waals surface area contributed by atoms with Gasteiger partial charge in [-0.05, 0) is 37.3 Å². The minimum absolute atomic E-state index is 0.199. The number of likely N-dealkylation sites (tertiary alicyclic amines) is 1. The zero-order valence-corrected chi connectivity index (χ0v) is 17.9. The molecule has 5 heteroatoms. The van der Waals surface area contributed by atoms with Crippen molar-refractivity contribution < 1.29 is 14.3 Å². The highest BCUT2D eigenvalue weighted by atomic mass is 16.5. The average molecular weight is 405 g/mol. The Morgan fingerprint density at radius 2 is 1.63 bits per heavy atom. The molecule has 2 aliphatic rings. The number of ether oxygens (including phenoxy) is 1. The molecule has 30 heavy (non-hydrogen) atoms. The lowest BCUT2D eigenvalue weighted by Crippen LogP contribution is -2.38. The summed E-state index contributed by atoms with van der Waals surface area (Å²) in [7, 11) is 1.60. The van der Waals surface area contributed by atoms with Gasteiger partial charge in [0.25, 0.3) is 11.8 Å². The molecule has 156 valence electrons. The van der Waals surface area contributed by atoms with Crippen LogP contribution in [-0.4, -0.2) is 41.8 Å². The molecule has 4 rings (SSSR count). The van der Waals surface area contributed by atoms with Gasteiger partial charge in [-0.3, -0.25) is 14.5 Å². The Bertz CT molecular complexity index is 986. The van der Waals surface area contributed by atoms with Gasteiger partial charge in [-0.25, -0.2) is 0 Å². The lowest BCUT2D eigenvalue weighted by Gasteiger charge is -2.32.